The van der Waals surface area contributed by atoms with E-state index in [-0.39, 0.29) is 17.0 Å². The van der Waals surface area contributed by atoms with Crippen LogP contribution in [-0.2, 0) is 6.54 Å². The molecule has 2 N–H and O–H groups in total. The maximum atomic E-state index is 13.1. The number of aromatic nitrogens is 2. The van der Waals surface area contributed by atoms with Crippen LogP contribution >= 0.6 is 34.5 Å². The van der Waals surface area contributed by atoms with E-state index < -0.39 is 5.97 Å². The lowest BCUT2D eigenvalue weighted by molar-refractivity contribution is 0.0673. The van der Waals surface area contributed by atoms with Gasteiger partial charge in [-0.25, -0.2) is 9.78 Å². The zero-order chi connectivity index (χ0) is 26.1. The summed E-state index contributed by atoms with van der Waals surface area (Å²) in [6, 6.07) is 11.7. The number of carbonyl (C=O) groups excluding carboxylic acids is 1. The first-order chi connectivity index (χ1) is 17.8. The number of nitrogens with zero attached hydrogens (tertiary/aromatic N) is 4. The average Bonchev–Trinajstić information content (AvgIpc) is 3.28. The molecular formula is C26H23Cl2N5O3S. The van der Waals surface area contributed by atoms with Gasteiger partial charge in [0.25, 0.3) is 5.91 Å². The molecule has 1 amide bonds. The summed E-state index contributed by atoms with van der Waals surface area (Å²) >= 11 is 13.9. The number of carbonyl (C=O) groups is 2. The van der Waals surface area contributed by atoms with Crippen molar-refractivity contribution in [2.24, 2.45) is 0 Å². The highest BCUT2D eigenvalue weighted by Crippen LogP contribution is 2.32. The number of thiophene rings is 1. The van der Waals surface area contributed by atoms with Crippen molar-refractivity contribution in [1.82, 2.24) is 14.9 Å². The van der Waals surface area contributed by atoms with Crippen LogP contribution in [0.5, 0.6) is 0 Å². The van der Waals surface area contributed by atoms with Crippen molar-refractivity contribution in [2.45, 2.75) is 13.5 Å². The quantitative estimate of drug-likeness (QED) is 0.320. The van der Waals surface area contributed by atoms with Gasteiger partial charge in [0.05, 0.1) is 16.5 Å². The molecule has 4 aromatic rings. The number of hydrogen-bond donors (Lipinski definition) is 2. The highest BCUT2D eigenvalue weighted by atomic mass is 35.5. The van der Waals surface area contributed by atoms with Gasteiger partial charge in [-0.15, -0.1) is 11.3 Å². The number of hydrogen-bond acceptors (Lipinski definition) is 7. The smallest absolute Gasteiger partial charge is 0.336 e. The summed E-state index contributed by atoms with van der Waals surface area (Å²) in [6.07, 6.45) is 0. The van der Waals surface area contributed by atoms with Crippen molar-refractivity contribution in [1.29, 1.82) is 0 Å². The van der Waals surface area contributed by atoms with E-state index in [2.05, 4.69) is 10.7 Å². The molecule has 5 rings (SSSR count). The summed E-state index contributed by atoms with van der Waals surface area (Å²) in [5.74, 6) is -0.101. The lowest BCUT2D eigenvalue weighted by Crippen LogP contribution is -2.49. The lowest BCUT2D eigenvalue weighted by atomic mass is 10.1. The van der Waals surface area contributed by atoms with Gasteiger partial charge in [-0.05, 0) is 47.7 Å². The Hall–Kier alpha value is -3.40. The van der Waals surface area contributed by atoms with Crippen molar-refractivity contribution in [3.05, 3.63) is 80.1 Å². The van der Waals surface area contributed by atoms with Crippen molar-refractivity contribution >= 4 is 68.4 Å². The number of benzene rings is 2. The minimum atomic E-state index is -1.12. The van der Waals surface area contributed by atoms with Crippen molar-refractivity contribution in [3.8, 4) is 0 Å². The molecule has 0 atom stereocenters. The van der Waals surface area contributed by atoms with E-state index in [0.717, 1.165) is 27.2 Å². The average molecular weight is 556 g/mol. The fourth-order valence-electron chi connectivity index (χ4n) is 4.32. The standard InChI is InChI=1S/C26H23Cl2N5O3S/c1-15-14-37-23-21(15)22(29-13-16-6-7-17(27)12-20(16)28)30-26(31-23)33-10-8-32(9-11-33)24(34)18-4-2-3-5-19(18)25(35)36/h2-7,12,14H,8-11,13H2,1H3,(H,35,36)(H,29,30,31). The number of aryl methyl sites for hydroxylation is 1. The van der Waals surface area contributed by atoms with Crippen LogP contribution in [0.2, 0.25) is 10.0 Å². The lowest BCUT2D eigenvalue weighted by Gasteiger charge is -2.35. The molecule has 37 heavy (non-hydrogen) atoms. The minimum absolute atomic E-state index is 0.00767. The van der Waals surface area contributed by atoms with E-state index in [1.165, 1.54) is 6.07 Å². The molecular weight excluding hydrogens is 533 g/mol. The predicted molar refractivity (Wildman–Crippen MR) is 147 cm³/mol. The Kier molecular flexibility index (Phi) is 7.19. The number of piperazine rings is 1. The Morgan fingerprint density at radius 2 is 1.78 bits per heavy atom. The molecule has 1 aliphatic rings. The molecule has 2 aromatic carbocycles. The molecule has 0 radical (unpaired) electrons. The van der Waals surface area contributed by atoms with Gasteiger partial charge in [-0.1, -0.05) is 41.4 Å². The number of halogens is 2. The number of aromatic carboxylic acids is 1. The van der Waals surface area contributed by atoms with Crippen LogP contribution in [0.25, 0.3) is 10.2 Å². The van der Waals surface area contributed by atoms with E-state index in [9.17, 15) is 14.7 Å². The third kappa shape index (κ3) is 5.20. The van der Waals surface area contributed by atoms with E-state index in [4.69, 9.17) is 33.2 Å². The van der Waals surface area contributed by atoms with Crippen LogP contribution in [-0.4, -0.2) is 58.0 Å². The SMILES string of the molecule is Cc1csc2nc(N3CCN(C(=O)c4ccccc4C(=O)O)CC3)nc(NCc3ccc(Cl)cc3Cl)c12. The molecule has 1 fully saturated rings. The topological polar surface area (TPSA) is 98.7 Å². The molecule has 0 aliphatic carbocycles. The molecule has 1 saturated heterocycles. The number of nitrogens with one attached hydrogen (secondary N) is 1. The minimum Gasteiger partial charge on any atom is -0.478 e. The molecule has 0 spiro atoms. The summed E-state index contributed by atoms with van der Waals surface area (Å²) < 4.78 is 0. The number of carboxylic acids is 1. The monoisotopic (exact) mass is 555 g/mol. The number of amides is 1. The largest absolute Gasteiger partial charge is 0.478 e. The first-order valence-electron chi connectivity index (χ1n) is 11.6. The normalized spacial score (nSPS) is 13.7. The van der Waals surface area contributed by atoms with Gasteiger partial charge >= 0.3 is 5.97 Å². The molecule has 0 unspecified atom stereocenters. The maximum absolute atomic E-state index is 13.1. The first-order valence-corrected chi connectivity index (χ1v) is 13.3. The summed E-state index contributed by atoms with van der Waals surface area (Å²) in [5.41, 5.74) is 2.20. The second-order valence-electron chi connectivity index (χ2n) is 8.69. The van der Waals surface area contributed by atoms with Gasteiger partial charge in [0.2, 0.25) is 5.95 Å². The zero-order valence-corrected chi connectivity index (χ0v) is 22.2. The van der Waals surface area contributed by atoms with Gasteiger partial charge in [0.15, 0.2) is 0 Å². The summed E-state index contributed by atoms with van der Waals surface area (Å²) in [6.45, 7) is 4.42. The van der Waals surface area contributed by atoms with Crippen LogP contribution < -0.4 is 10.2 Å². The Morgan fingerprint density at radius 3 is 2.49 bits per heavy atom. The Morgan fingerprint density at radius 1 is 1.05 bits per heavy atom. The maximum Gasteiger partial charge on any atom is 0.336 e. The Balaban J connectivity index is 1.34. The number of rotatable bonds is 6. The van der Waals surface area contributed by atoms with E-state index in [0.29, 0.717) is 48.7 Å². The zero-order valence-electron chi connectivity index (χ0n) is 19.9. The summed E-state index contributed by atoms with van der Waals surface area (Å²) in [4.78, 5) is 38.8. The van der Waals surface area contributed by atoms with Crippen molar-refractivity contribution in [2.75, 3.05) is 36.4 Å². The summed E-state index contributed by atoms with van der Waals surface area (Å²) in [5, 5.41) is 17.1. The van der Waals surface area contributed by atoms with E-state index in [1.807, 2.05) is 17.9 Å². The third-order valence-corrected chi connectivity index (χ3v) is 7.88. The summed E-state index contributed by atoms with van der Waals surface area (Å²) in [7, 11) is 0. The molecule has 8 nitrogen and oxygen atoms in total. The Bertz CT molecular complexity index is 1500. The van der Waals surface area contributed by atoms with Crippen LogP contribution in [0.15, 0.2) is 47.8 Å². The second-order valence-corrected chi connectivity index (χ2v) is 10.4. The first kappa shape index (κ1) is 25.3. The fourth-order valence-corrected chi connectivity index (χ4v) is 5.71. The number of carboxylic acid groups (broad SMARTS) is 1. The molecule has 1 aliphatic heterocycles. The van der Waals surface area contributed by atoms with Gasteiger partial charge in [-0.3, -0.25) is 4.79 Å². The molecule has 190 valence electrons. The van der Waals surface area contributed by atoms with Gasteiger partial charge < -0.3 is 20.2 Å². The van der Waals surface area contributed by atoms with E-state index in [1.54, 1.807) is 46.6 Å². The highest BCUT2D eigenvalue weighted by molar-refractivity contribution is 7.17. The van der Waals surface area contributed by atoms with Gasteiger partial charge in [-0.2, -0.15) is 4.98 Å². The molecule has 0 bridgehead atoms. The van der Waals surface area contributed by atoms with Gasteiger partial charge in [0, 0.05) is 42.8 Å². The number of anilines is 2. The molecule has 3 heterocycles. The molecule has 2 aromatic heterocycles. The number of fused-ring (bicyclic) bond motifs is 1. The van der Waals surface area contributed by atoms with Crippen LogP contribution in [0.3, 0.4) is 0 Å². The Labute approximate surface area is 227 Å². The fraction of sp³-hybridized carbons (Fsp3) is 0.231. The van der Waals surface area contributed by atoms with Crippen molar-refractivity contribution < 1.29 is 14.7 Å². The second kappa shape index (κ2) is 10.5. The van der Waals surface area contributed by atoms with Gasteiger partial charge in [0.1, 0.15) is 10.6 Å². The molecule has 11 heteroatoms. The van der Waals surface area contributed by atoms with Crippen molar-refractivity contribution in [3.63, 3.8) is 0 Å². The molecule has 0 saturated carbocycles. The predicted octanol–water partition coefficient (Wildman–Crippen LogP) is 5.58. The van der Waals surface area contributed by atoms with E-state index >= 15 is 0 Å². The van der Waals surface area contributed by atoms with Crippen LogP contribution in [0.4, 0.5) is 11.8 Å². The highest BCUT2D eigenvalue weighted by Gasteiger charge is 2.27. The van der Waals surface area contributed by atoms with Crippen LogP contribution in [0, 0.1) is 6.92 Å². The third-order valence-electron chi connectivity index (χ3n) is 6.30. The van der Waals surface area contributed by atoms with Crippen LogP contribution in [0.1, 0.15) is 31.8 Å².